The Kier molecular flexibility index (Phi) is 6.61. The molecule has 1 aromatic heterocycles. The highest BCUT2D eigenvalue weighted by Gasteiger charge is 2.12. The van der Waals surface area contributed by atoms with Crippen molar-refractivity contribution in [1.82, 2.24) is 4.57 Å². The highest BCUT2D eigenvalue weighted by atomic mass is 32.1. The zero-order valence-electron chi connectivity index (χ0n) is 16.4. The van der Waals surface area contributed by atoms with Crippen LogP contribution in [0.3, 0.4) is 0 Å². The van der Waals surface area contributed by atoms with Crippen LogP contribution in [0, 0.1) is 6.92 Å². The van der Waals surface area contributed by atoms with E-state index in [4.69, 9.17) is 9.47 Å². The van der Waals surface area contributed by atoms with Gasteiger partial charge in [-0.2, -0.15) is 4.99 Å². The maximum absolute atomic E-state index is 12.3. The zero-order valence-corrected chi connectivity index (χ0v) is 17.2. The summed E-state index contributed by atoms with van der Waals surface area (Å²) in [6.07, 6.45) is 1.73. The summed E-state index contributed by atoms with van der Waals surface area (Å²) in [4.78, 5) is 29.1. The van der Waals surface area contributed by atoms with Crippen molar-refractivity contribution >= 4 is 33.4 Å². The number of fused-ring (bicyclic) bond motifs is 1. The topological polar surface area (TPSA) is 69.9 Å². The van der Waals surface area contributed by atoms with Crippen molar-refractivity contribution in [3.63, 3.8) is 0 Å². The summed E-state index contributed by atoms with van der Waals surface area (Å²) in [5.74, 6) is -0.145. The fourth-order valence-electron chi connectivity index (χ4n) is 2.72. The lowest BCUT2D eigenvalue weighted by atomic mass is 10.2. The Balaban J connectivity index is 1.88. The number of aromatic nitrogens is 1. The first-order valence-corrected chi connectivity index (χ1v) is 10.0. The van der Waals surface area contributed by atoms with Crippen LogP contribution in [-0.4, -0.2) is 29.7 Å². The minimum atomic E-state index is -0.388. The van der Waals surface area contributed by atoms with Crippen LogP contribution < -0.4 is 9.54 Å². The minimum Gasteiger partial charge on any atom is -0.484 e. The van der Waals surface area contributed by atoms with Gasteiger partial charge in [0.05, 0.1) is 22.4 Å². The molecule has 0 N–H and O–H groups in total. The summed E-state index contributed by atoms with van der Waals surface area (Å²) < 4.78 is 13.3. The van der Waals surface area contributed by atoms with Crippen molar-refractivity contribution in [2.45, 2.75) is 20.4 Å². The quantitative estimate of drug-likeness (QED) is 0.438. The van der Waals surface area contributed by atoms with Gasteiger partial charge in [-0.05, 0) is 44.2 Å². The molecule has 1 amide bonds. The third-order valence-corrected chi connectivity index (χ3v) is 5.15. The summed E-state index contributed by atoms with van der Waals surface area (Å²) >= 11 is 1.33. The first kappa shape index (κ1) is 20.5. The van der Waals surface area contributed by atoms with Gasteiger partial charge in [0, 0.05) is 6.54 Å². The average Bonchev–Trinajstić information content (AvgIpc) is 3.04. The number of nitrogens with zero attached hydrogens (tertiary/aromatic N) is 2. The molecular weight excluding hydrogens is 388 g/mol. The summed E-state index contributed by atoms with van der Waals surface area (Å²) in [6.45, 7) is 8.17. The van der Waals surface area contributed by atoms with Crippen molar-refractivity contribution in [2.75, 3.05) is 13.2 Å². The zero-order chi connectivity index (χ0) is 20.8. The highest BCUT2D eigenvalue weighted by molar-refractivity contribution is 7.16. The number of rotatable bonds is 7. The summed E-state index contributed by atoms with van der Waals surface area (Å²) in [5, 5.41) is 0. The fourth-order valence-corrected chi connectivity index (χ4v) is 3.82. The van der Waals surface area contributed by atoms with Crippen LogP contribution in [0.15, 0.2) is 60.1 Å². The molecule has 150 valence electrons. The Morgan fingerprint density at radius 3 is 2.66 bits per heavy atom. The van der Waals surface area contributed by atoms with E-state index in [0.29, 0.717) is 29.3 Å². The number of allylic oxidation sites excluding steroid dienone is 1. The Bertz CT molecular complexity index is 1110. The molecular formula is C22H22N2O4S. The van der Waals surface area contributed by atoms with Crippen molar-refractivity contribution in [3.05, 3.63) is 71.0 Å². The average molecular weight is 410 g/mol. The number of amides is 1. The Morgan fingerprint density at radius 2 is 1.97 bits per heavy atom. The molecule has 0 atom stereocenters. The fraction of sp³-hybridized carbons (Fsp3) is 0.227. The summed E-state index contributed by atoms with van der Waals surface area (Å²) in [7, 11) is 0. The predicted molar refractivity (Wildman–Crippen MR) is 113 cm³/mol. The third kappa shape index (κ3) is 5.00. The van der Waals surface area contributed by atoms with E-state index >= 15 is 0 Å². The van der Waals surface area contributed by atoms with Crippen LogP contribution >= 0.6 is 11.3 Å². The van der Waals surface area contributed by atoms with Crippen molar-refractivity contribution in [2.24, 2.45) is 4.99 Å². The van der Waals surface area contributed by atoms with Gasteiger partial charge in [0.2, 0.25) is 0 Å². The van der Waals surface area contributed by atoms with E-state index in [9.17, 15) is 9.59 Å². The maximum atomic E-state index is 12.3. The molecule has 0 spiro atoms. The van der Waals surface area contributed by atoms with Gasteiger partial charge in [-0.3, -0.25) is 4.79 Å². The van der Waals surface area contributed by atoms with E-state index in [1.807, 2.05) is 41.8 Å². The molecule has 0 fully saturated rings. The molecule has 0 saturated heterocycles. The Hall–Kier alpha value is -3.19. The molecule has 1 heterocycles. The van der Waals surface area contributed by atoms with Crippen molar-refractivity contribution in [1.29, 1.82) is 0 Å². The van der Waals surface area contributed by atoms with Gasteiger partial charge >= 0.3 is 5.97 Å². The van der Waals surface area contributed by atoms with E-state index in [2.05, 4.69) is 11.6 Å². The lowest BCUT2D eigenvalue weighted by molar-refractivity contribution is -0.120. The molecule has 0 radical (unpaired) electrons. The van der Waals surface area contributed by atoms with Gasteiger partial charge < -0.3 is 14.0 Å². The largest absolute Gasteiger partial charge is 0.484 e. The van der Waals surface area contributed by atoms with E-state index in [1.165, 1.54) is 11.3 Å². The molecule has 0 aliphatic rings. The minimum absolute atomic E-state index is 0.153. The number of aryl methyl sites for hydroxylation is 1. The molecule has 0 saturated carbocycles. The van der Waals surface area contributed by atoms with Crippen LogP contribution in [-0.2, 0) is 16.1 Å². The second kappa shape index (κ2) is 9.34. The Morgan fingerprint density at radius 1 is 1.21 bits per heavy atom. The highest BCUT2D eigenvalue weighted by Crippen LogP contribution is 2.20. The van der Waals surface area contributed by atoms with E-state index in [1.54, 1.807) is 25.1 Å². The van der Waals surface area contributed by atoms with E-state index in [-0.39, 0.29) is 18.5 Å². The normalized spacial score (nSPS) is 11.4. The number of benzene rings is 2. The smallest absolute Gasteiger partial charge is 0.338 e. The number of hydrogen-bond acceptors (Lipinski definition) is 5. The number of hydrogen-bond donors (Lipinski definition) is 0. The Labute approximate surface area is 172 Å². The third-order valence-electron chi connectivity index (χ3n) is 4.11. The first-order valence-electron chi connectivity index (χ1n) is 9.20. The number of ether oxygens (including phenoxy) is 2. The van der Waals surface area contributed by atoms with Crippen LogP contribution in [0.2, 0.25) is 0 Å². The van der Waals surface area contributed by atoms with Crippen molar-refractivity contribution < 1.29 is 19.1 Å². The molecule has 29 heavy (non-hydrogen) atoms. The second-order valence-corrected chi connectivity index (χ2v) is 7.30. The van der Waals surface area contributed by atoms with E-state index < -0.39 is 0 Å². The molecule has 0 aliphatic heterocycles. The van der Waals surface area contributed by atoms with Gasteiger partial charge in [-0.25, -0.2) is 4.79 Å². The van der Waals surface area contributed by atoms with Crippen LogP contribution in [0.4, 0.5) is 0 Å². The summed E-state index contributed by atoms with van der Waals surface area (Å²) in [6, 6.07) is 12.8. The standard InChI is InChI=1S/C22H22N2O4S/c1-4-12-24-18-11-8-16(21(26)27-5-2)13-19(18)29-22(24)23-20(25)14-28-17-9-6-15(3)7-10-17/h4,6-11,13H,1,5,12,14H2,2-3H3. The van der Waals surface area contributed by atoms with Crippen LogP contribution in [0.5, 0.6) is 5.75 Å². The monoisotopic (exact) mass is 410 g/mol. The van der Waals surface area contributed by atoms with Crippen LogP contribution in [0.25, 0.3) is 10.2 Å². The molecule has 3 rings (SSSR count). The van der Waals surface area contributed by atoms with E-state index in [0.717, 1.165) is 15.8 Å². The SMILES string of the molecule is C=CCn1c(=NC(=O)COc2ccc(C)cc2)sc2cc(C(=O)OCC)ccc21. The molecule has 3 aromatic rings. The number of esters is 1. The van der Waals surface area contributed by atoms with Gasteiger partial charge in [-0.15, -0.1) is 6.58 Å². The maximum Gasteiger partial charge on any atom is 0.338 e. The number of thiazole rings is 1. The van der Waals surface area contributed by atoms with Crippen molar-refractivity contribution in [3.8, 4) is 5.75 Å². The summed E-state index contributed by atoms with van der Waals surface area (Å²) in [5.41, 5.74) is 2.45. The lowest BCUT2D eigenvalue weighted by Crippen LogP contribution is -2.19. The molecule has 0 bridgehead atoms. The molecule has 7 heteroatoms. The second-order valence-electron chi connectivity index (χ2n) is 6.29. The van der Waals surface area contributed by atoms with Gasteiger partial charge in [0.15, 0.2) is 11.4 Å². The lowest BCUT2D eigenvalue weighted by Gasteiger charge is -2.04. The number of carbonyl (C=O) groups is 2. The first-order chi connectivity index (χ1) is 14.0. The molecule has 2 aromatic carbocycles. The van der Waals surface area contributed by atoms with Gasteiger partial charge in [0.25, 0.3) is 5.91 Å². The molecule has 6 nitrogen and oxygen atoms in total. The number of carbonyl (C=O) groups excluding carboxylic acids is 2. The molecule has 0 unspecified atom stereocenters. The van der Waals surface area contributed by atoms with Gasteiger partial charge in [-0.1, -0.05) is 35.1 Å². The molecule has 0 aliphatic carbocycles. The predicted octanol–water partition coefficient (Wildman–Crippen LogP) is 3.88. The van der Waals surface area contributed by atoms with Crippen LogP contribution in [0.1, 0.15) is 22.8 Å². The van der Waals surface area contributed by atoms with Gasteiger partial charge in [0.1, 0.15) is 5.75 Å².